The molecule has 0 bridgehead atoms. The molecular formula is C66H56N2. The van der Waals surface area contributed by atoms with Crippen LogP contribution in [0.1, 0.15) is 91.6 Å². The summed E-state index contributed by atoms with van der Waals surface area (Å²) < 4.78 is 0. The molecule has 0 aromatic heterocycles. The molecule has 9 aromatic rings. The topological polar surface area (TPSA) is 6.48 Å². The number of aryl methyl sites for hydroxylation is 1. The summed E-state index contributed by atoms with van der Waals surface area (Å²) in [4.78, 5) is 4.81. The van der Waals surface area contributed by atoms with Crippen LogP contribution in [0.5, 0.6) is 0 Å². The van der Waals surface area contributed by atoms with Crippen LogP contribution in [0.4, 0.5) is 34.1 Å². The van der Waals surface area contributed by atoms with Crippen molar-refractivity contribution in [3.63, 3.8) is 0 Å². The van der Waals surface area contributed by atoms with Crippen LogP contribution >= 0.6 is 0 Å². The SMILES string of the molecule is Cc1ccc(N(c2ccc3c(c2)C(C)(C)c2ccccc2-3)c2ccc3c(c2)C(C)(C)c2cc(/C=C/c4ccc5c(c4)C(C)(C)c4cc(N(c6ccccc6)c6ccccc6)ccc4-5)ccc2-3)cc1. The summed E-state index contributed by atoms with van der Waals surface area (Å²) in [7, 11) is 0. The van der Waals surface area contributed by atoms with E-state index in [4.69, 9.17) is 0 Å². The number of anilines is 6. The van der Waals surface area contributed by atoms with Crippen molar-refractivity contribution >= 4 is 46.3 Å². The third-order valence-electron chi connectivity index (χ3n) is 15.5. The molecule has 0 heterocycles. The fourth-order valence-electron chi connectivity index (χ4n) is 11.7. The molecule has 2 nitrogen and oxygen atoms in total. The molecule has 3 aliphatic rings. The zero-order chi connectivity index (χ0) is 46.5. The summed E-state index contributed by atoms with van der Waals surface area (Å²) in [5.41, 5.74) is 26.4. The smallest absolute Gasteiger partial charge is 0.0465 e. The zero-order valence-electron chi connectivity index (χ0n) is 40.1. The lowest BCUT2D eigenvalue weighted by Crippen LogP contribution is -2.18. The first kappa shape index (κ1) is 41.7. The van der Waals surface area contributed by atoms with Gasteiger partial charge >= 0.3 is 0 Å². The summed E-state index contributed by atoms with van der Waals surface area (Å²) in [5, 5.41) is 0. The molecule has 330 valence electrons. The quantitative estimate of drug-likeness (QED) is 0.140. The van der Waals surface area contributed by atoms with E-state index in [-0.39, 0.29) is 16.2 Å². The number of hydrogen-bond donors (Lipinski definition) is 0. The molecule has 0 radical (unpaired) electrons. The first-order chi connectivity index (χ1) is 32.9. The standard InChI is InChI=1S/C66H56N2/c1-43-22-28-48(29-23-43)68(50-31-35-55-52-20-14-15-21-58(52)64(2,3)61(55)41-50)51-32-37-57-54-34-27-45(39-60(54)66(6,7)63(57)42-51)25-24-44-26-33-53-56-36-30-49(40-62(56)65(4,5)59(53)38-44)67(46-16-10-8-11-17-46)47-18-12-9-13-19-47/h8-42H,1-7H3/b25-24+. The number of para-hydroxylation sites is 2. The molecular weight excluding hydrogens is 821 g/mol. The van der Waals surface area contributed by atoms with Crippen molar-refractivity contribution in [2.45, 2.75) is 64.7 Å². The van der Waals surface area contributed by atoms with E-state index < -0.39 is 0 Å². The maximum Gasteiger partial charge on any atom is 0.0465 e. The molecule has 0 fully saturated rings. The van der Waals surface area contributed by atoms with Crippen LogP contribution in [0.15, 0.2) is 200 Å². The number of fused-ring (bicyclic) bond motifs is 9. The maximum absolute atomic E-state index is 2.45. The van der Waals surface area contributed by atoms with Gasteiger partial charge in [0.15, 0.2) is 0 Å². The molecule has 0 spiro atoms. The Balaban J connectivity index is 0.846. The van der Waals surface area contributed by atoms with Crippen molar-refractivity contribution in [2.75, 3.05) is 9.80 Å². The molecule has 0 atom stereocenters. The Morgan fingerprint density at radius 1 is 0.279 bits per heavy atom. The van der Waals surface area contributed by atoms with Gasteiger partial charge in [0.2, 0.25) is 0 Å². The van der Waals surface area contributed by atoms with E-state index in [9.17, 15) is 0 Å². The van der Waals surface area contributed by atoms with Gasteiger partial charge in [-0.3, -0.25) is 0 Å². The fraction of sp³-hybridized carbons (Fsp3) is 0.152. The summed E-state index contributed by atoms with van der Waals surface area (Å²) in [6, 6.07) is 74.5. The van der Waals surface area contributed by atoms with Crippen molar-refractivity contribution in [2.24, 2.45) is 0 Å². The average Bonchev–Trinajstić information content (AvgIpc) is 3.83. The Morgan fingerprint density at radius 2 is 0.588 bits per heavy atom. The van der Waals surface area contributed by atoms with Gasteiger partial charge in [0.05, 0.1) is 0 Å². The second-order valence-corrected chi connectivity index (χ2v) is 20.7. The molecule has 3 aliphatic carbocycles. The molecule has 0 unspecified atom stereocenters. The molecule has 68 heavy (non-hydrogen) atoms. The van der Waals surface area contributed by atoms with Gasteiger partial charge in [0, 0.05) is 50.4 Å². The van der Waals surface area contributed by atoms with Gasteiger partial charge in [-0.15, -0.1) is 0 Å². The normalized spacial score (nSPS) is 15.0. The van der Waals surface area contributed by atoms with Crippen molar-refractivity contribution in [1.82, 2.24) is 0 Å². The van der Waals surface area contributed by atoms with Gasteiger partial charge < -0.3 is 9.80 Å². The van der Waals surface area contributed by atoms with E-state index in [0.29, 0.717) is 0 Å². The minimum Gasteiger partial charge on any atom is -0.310 e. The predicted octanol–water partition coefficient (Wildman–Crippen LogP) is 18.0. The lowest BCUT2D eigenvalue weighted by molar-refractivity contribution is 0.659. The van der Waals surface area contributed by atoms with Gasteiger partial charge in [0.1, 0.15) is 0 Å². The maximum atomic E-state index is 2.45. The lowest BCUT2D eigenvalue weighted by Gasteiger charge is -2.29. The Bertz CT molecular complexity index is 3440. The monoisotopic (exact) mass is 876 g/mol. The van der Waals surface area contributed by atoms with Crippen LogP contribution < -0.4 is 9.80 Å². The Labute approximate surface area is 402 Å². The van der Waals surface area contributed by atoms with E-state index in [0.717, 1.165) is 17.1 Å². The molecule has 0 saturated carbocycles. The number of hydrogen-bond acceptors (Lipinski definition) is 2. The lowest BCUT2D eigenvalue weighted by atomic mass is 9.81. The van der Waals surface area contributed by atoms with E-state index in [1.165, 1.54) is 101 Å². The summed E-state index contributed by atoms with van der Waals surface area (Å²) in [5.74, 6) is 0. The molecule has 12 rings (SSSR count). The third-order valence-corrected chi connectivity index (χ3v) is 15.5. The Kier molecular flexibility index (Phi) is 9.47. The van der Waals surface area contributed by atoms with E-state index in [2.05, 4.69) is 271 Å². The van der Waals surface area contributed by atoms with Gasteiger partial charge in [-0.1, -0.05) is 187 Å². The summed E-state index contributed by atoms with van der Waals surface area (Å²) >= 11 is 0. The first-order valence-corrected chi connectivity index (χ1v) is 24.2. The summed E-state index contributed by atoms with van der Waals surface area (Å²) in [6.45, 7) is 16.4. The largest absolute Gasteiger partial charge is 0.310 e. The second kappa shape index (κ2) is 15.4. The Morgan fingerprint density at radius 3 is 1.03 bits per heavy atom. The Hall–Kier alpha value is -7.68. The molecule has 0 N–H and O–H groups in total. The highest BCUT2D eigenvalue weighted by Crippen LogP contribution is 2.54. The minimum atomic E-state index is -0.191. The van der Waals surface area contributed by atoms with Crippen LogP contribution in [0.25, 0.3) is 45.5 Å². The van der Waals surface area contributed by atoms with Crippen LogP contribution in [-0.2, 0) is 16.2 Å². The summed E-state index contributed by atoms with van der Waals surface area (Å²) in [6.07, 6.45) is 4.59. The first-order valence-electron chi connectivity index (χ1n) is 24.2. The third kappa shape index (κ3) is 6.53. The van der Waals surface area contributed by atoms with E-state index in [1.807, 2.05) is 0 Å². The van der Waals surface area contributed by atoms with Crippen molar-refractivity contribution < 1.29 is 0 Å². The van der Waals surface area contributed by atoms with Crippen molar-refractivity contribution in [1.29, 1.82) is 0 Å². The number of nitrogens with zero attached hydrogens (tertiary/aromatic N) is 2. The van der Waals surface area contributed by atoms with Gasteiger partial charge in [-0.2, -0.15) is 0 Å². The van der Waals surface area contributed by atoms with E-state index >= 15 is 0 Å². The van der Waals surface area contributed by atoms with Gasteiger partial charge in [0.25, 0.3) is 0 Å². The predicted molar refractivity (Wildman–Crippen MR) is 289 cm³/mol. The molecule has 2 heteroatoms. The average molecular weight is 877 g/mol. The second-order valence-electron chi connectivity index (χ2n) is 20.7. The molecule has 0 amide bonds. The number of benzene rings is 9. The molecule has 9 aromatic carbocycles. The van der Waals surface area contributed by atoms with E-state index in [1.54, 1.807) is 0 Å². The van der Waals surface area contributed by atoms with Crippen LogP contribution in [-0.4, -0.2) is 0 Å². The fourth-order valence-corrected chi connectivity index (χ4v) is 11.7. The highest BCUT2D eigenvalue weighted by atomic mass is 15.1. The zero-order valence-corrected chi connectivity index (χ0v) is 40.1. The molecule has 0 aliphatic heterocycles. The minimum absolute atomic E-state index is 0.0864. The van der Waals surface area contributed by atoms with Crippen LogP contribution in [0, 0.1) is 6.92 Å². The van der Waals surface area contributed by atoms with Gasteiger partial charge in [-0.05, 0) is 158 Å². The highest BCUT2D eigenvalue weighted by molar-refractivity contribution is 5.90. The van der Waals surface area contributed by atoms with Gasteiger partial charge in [-0.25, -0.2) is 0 Å². The van der Waals surface area contributed by atoms with Crippen LogP contribution in [0.2, 0.25) is 0 Å². The van der Waals surface area contributed by atoms with Crippen molar-refractivity contribution in [3.8, 4) is 33.4 Å². The van der Waals surface area contributed by atoms with Crippen LogP contribution in [0.3, 0.4) is 0 Å². The highest BCUT2D eigenvalue weighted by Gasteiger charge is 2.39. The molecule has 0 saturated heterocycles. The number of rotatable bonds is 8. The van der Waals surface area contributed by atoms with Crippen molar-refractivity contribution in [3.05, 3.63) is 250 Å².